The molecule has 2 aliphatic carbocycles. The fraction of sp³-hybridized carbons (Fsp3) is 0.136. The van der Waals surface area contributed by atoms with Gasteiger partial charge in [0.05, 0.1) is 37.8 Å². The molecule has 0 spiro atoms. The molecule has 2 aliphatic rings. The summed E-state index contributed by atoms with van der Waals surface area (Å²) in [6.07, 6.45) is 0. The van der Waals surface area contributed by atoms with Crippen LogP contribution in [0.25, 0.3) is 63.6 Å². The smallest absolute Gasteiger partial charge is 0.269 e. The lowest BCUT2D eigenvalue weighted by molar-refractivity contribution is 0.570. The molecular formula is C44H28N4O2S2. The highest BCUT2D eigenvalue weighted by Gasteiger charge is 2.41. The molecule has 248 valence electrons. The van der Waals surface area contributed by atoms with Gasteiger partial charge in [-0.15, -0.1) is 22.7 Å². The maximum Gasteiger partial charge on any atom is 0.269 e. The van der Waals surface area contributed by atoms with Crippen molar-refractivity contribution in [1.82, 2.24) is 0 Å². The van der Waals surface area contributed by atoms with E-state index in [4.69, 9.17) is 22.0 Å². The van der Waals surface area contributed by atoms with Gasteiger partial charge in [0.2, 0.25) is 0 Å². The van der Waals surface area contributed by atoms with Crippen molar-refractivity contribution in [3.8, 4) is 33.4 Å². The summed E-state index contributed by atoms with van der Waals surface area (Å²) in [6.45, 7) is 23.4. The van der Waals surface area contributed by atoms with E-state index >= 15 is 0 Å². The van der Waals surface area contributed by atoms with Gasteiger partial charge in [0.15, 0.2) is 0 Å². The van der Waals surface area contributed by atoms with Gasteiger partial charge in [0.25, 0.3) is 11.4 Å². The van der Waals surface area contributed by atoms with E-state index in [0.717, 1.165) is 41.4 Å². The van der Waals surface area contributed by atoms with Crippen LogP contribution in [-0.2, 0) is 10.8 Å². The molecule has 8 rings (SSSR count). The molecule has 0 atom stereocenters. The maximum atomic E-state index is 9.85. The fourth-order valence-electron chi connectivity index (χ4n) is 7.26. The first-order chi connectivity index (χ1) is 25.9. The van der Waals surface area contributed by atoms with E-state index in [9.17, 15) is 13.3 Å². The van der Waals surface area contributed by atoms with Crippen LogP contribution in [0, 0.1) is 35.8 Å². The maximum absolute atomic E-state index is 9.85. The SMILES string of the molecule is [2H]/C(=C1/C(=C(\C#N)[N+]#[C-])c2ccccc2C1(C)C)c1ccc(-c2cc3sc(-c4ccc(/C([2H])=C5\C(=C(\C#N)[N+]#[C-])c6ccccc6C5(C)C)o4)cc3s2)o1. The normalized spacial score (nSPS) is 19.7. The number of furan rings is 2. The molecule has 0 saturated carbocycles. The zero-order chi connectivity index (χ0) is 38.1. The standard InChI is InChI=1S/C44H28N4O2S2/c1-43(2)29-13-9-7-11-27(29)41(33(23-45)47-5)31(43)19-25-15-17-35(49-25)37-21-39-40(51-37)22-38(52-39)36-18-16-26(50-36)20-32-42(34(24-46)48-6)28-12-8-10-14-30(28)44(32,3)4/h7-22H,1-4H3/b31-19+,32-20+,41-33-,42-34+/i19D,20D. The number of allylic oxidation sites excluding steroid dienone is 6. The Morgan fingerprint density at radius 2 is 1.08 bits per heavy atom. The molecule has 2 aromatic carbocycles. The van der Waals surface area contributed by atoms with E-state index in [1.807, 2.05) is 113 Å². The van der Waals surface area contributed by atoms with Gasteiger partial charge in [-0.05, 0) is 81.9 Å². The highest BCUT2D eigenvalue weighted by atomic mass is 32.1. The highest BCUT2D eigenvalue weighted by molar-refractivity contribution is 7.31. The van der Waals surface area contributed by atoms with Crippen molar-refractivity contribution >= 4 is 55.3 Å². The summed E-state index contributed by atoms with van der Waals surface area (Å²) in [7, 11) is 0. The Labute approximate surface area is 312 Å². The summed E-state index contributed by atoms with van der Waals surface area (Å²) in [5.74, 6) is 1.93. The van der Waals surface area contributed by atoms with Gasteiger partial charge in [-0.1, -0.05) is 76.2 Å². The predicted molar refractivity (Wildman–Crippen MR) is 208 cm³/mol. The van der Waals surface area contributed by atoms with Crippen molar-refractivity contribution in [2.24, 2.45) is 0 Å². The number of nitrogens with zero attached hydrogens (tertiary/aromatic N) is 4. The van der Waals surface area contributed by atoms with E-state index < -0.39 is 10.8 Å². The first kappa shape index (κ1) is 30.4. The lowest BCUT2D eigenvalue weighted by Gasteiger charge is -2.22. The molecule has 4 aromatic heterocycles. The number of hydrogen-bond acceptors (Lipinski definition) is 6. The summed E-state index contributed by atoms with van der Waals surface area (Å²) in [5.41, 5.74) is 4.30. The molecule has 0 aliphatic heterocycles. The second kappa shape index (κ2) is 12.1. The molecule has 0 amide bonds. The van der Waals surface area contributed by atoms with E-state index in [0.29, 0.717) is 45.3 Å². The molecule has 0 unspecified atom stereocenters. The summed E-state index contributed by atoms with van der Waals surface area (Å²) in [4.78, 5) is 8.82. The van der Waals surface area contributed by atoms with Crippen molar-refractivity contribution in [3.63, 3.8) is 0 Å². The summed E-state index contributed by atoms with van der Waals surface area (Å²) >= 11 is 3.11. The van der Waals surface area contributed by atoms with Crippen molar-refractivity contribution < 1.29 is 11.6 Å². The van der Waals surface area contributed by atoms with Crippen LogP contribution in [0.1, 0.15) is 64.2 Å². The third-order valence-corrected chi connectivity index (χ3v) is 12.1. The van der Waals surface area contributed by atoms with Crippen LogP contribution in [0.3, 0.4) is 0 Å². The molecule has 6 aromatic rings. The van der Waals surface area contributed by atoms with Crippen LogP contribution in [0.15, 0.2) is 116 Å². The molecule has 0 bridgehead atoms. The number of nitriles is 2. The highest BCUT2D eigenvalue weighted by Crippen LogP contribution is 2.53. The number of fused-ring (bicyclic) bond motifs is 3. The van der Waals surface area contributed by atoms with Gasteiger partial charge >= 0.3 is 0 Å². The second-order valence-electron chi connectivity index (χ2n) is 13.5. The Morgan fingerprint density at radius 1 is 0.673 bits per heavy atom. The Hall–Kier alpha value is -6.42. The van der Waals surface area contributed by atoms with Crippen LogP contribution >= 0.6 is 22.7 Å². The molecule has 0 N–H and O–H groups in total. The van der Waals surface area contributed by atoms with Gasteiger partial charge in [0.1, 0.15) is 23.0 Å². The zero-order valence-corrected chi connectivity index (χ0v) is 30.1. The molecule has 0 fully saturated rings. The topological polar surface area (TPSA) is 82.6 Å². The molecule has 0 saturated heterocycles. The van der Waals surface area contributed by atoms with Crippen molar-refractivity contribution in [2.75, 3.05) is 0 Å². The average molecular weight is 711 g/mol. The van der Waals surface area contributed by atoms with Crippen molar-refractivity contribution in [2.45, 2.75) is 38.5 Å². The molecular weight excluding hydrogens is 681 g/mol. The predicted octanol–water partition coefficient (Wildman–Crippen LogP) is 12.5. The number of hydrogen-bond donors (Lipinski definition) is 0. The van der Waals surface area contributed by atoms with E-state index in [1.54, 1.807) is 34.8 Å². The van der Waals surface area contributed by atoms with Gasteiger partial charge in [-0.25, -0.2) is 20.2 Å². The minimum absolute atomic E-state index is 0.0455. The summed E-state index contributed by atoms with van der Waals surface area (Å²) < 4.78 is 33.2. The third kappa shape index (κ3) is 5.01. The molecule has 6 nitrogen and oxygen atoms in total. The van der Waals surface area contributed by atoms with Gasteiger partial charge in [-0.2, -0.15) is 0 Å². The van der Waals surface area contributed by atoms with Crippen LogP contribution < -0.4 is 0 Å². The monoisotopic (exact) mass is 710 g/mol. The second-order valence-corrected chi connectivity index (χ2v) is 15.7. The summed E-state index contributed by atoms with van der Waals surface area (Å²) in [5, 5.41) is 19.7. The van der Waals surface area contributed by atoms with E-state index in [2.05, 4.69) is 9.69 Å². The van der Waals surface area contributed by atoms with Crippen LogP contribution in [0.5, 0.6) is 0 Å². The molecule has 0 radical (unpaired) electrons. The van der Waals surface area contributed by atoms with Crippen molar-refractivity contribution in [3.05, 3.63) is 164 Å². The largest absolute Gasteiger partial charge is 0.456 e. The lowest BCUT2D eigenvalue weighted by Crippen LogP contribution is -2.15. The molecule has 8 heteroatoms. The number of rotatable bonds is 4. The van der Waals surface area contributed by atoms with Crippen LogP contribution in [0.4, 0.5) is 0 Å². The number of thiophene rings is 2. The van der Waals surface area contributed by atoms with Crippen molar-refractivity contribution in [1.29, 1.82) is 10.5 Å². The Balaban J connectivity index is 1.12. The Morgan fingerprint density at radius 3 is 1.46 bits per heavy atom. The summed E-state index contributed by atoms with van der Waals surface area (Å²) in [6, 6.07) is 31.0. The van der Waals surface area contributed by atoms with Crippen LogP contribution in [-0.4, -0.2) is 0 Å². The van der Waals surface area contributed by atoms with Gasteiger partial charge < -0.3 is 8.83 Å². The quantitative estimate of drug-likeness (QED) is 0.135. The molecule has 52 heavy (non-hydrogen) atoms. The van der Waals surface area contributed by atoms with Gasteiger partial charge in [-0.3, -0.25) is 0 Å². The van der Waals surface area contributed by atoms with Crippen LogP contribution in [0.2, 0.25) is 0 Å². The first-order valence-corrected chi connectivity index (χ1v) is 18.0. The Bertz CT molecular complexity index is 2650. The molecule has 4 heterocycles. The Kier molecular flexibility index (Phi) is 7.09. The average Bonchev–Trinajstić information content (AvgIpc) is 4.01. The number of benzene rings is 2. The minimum atomic E-state index is -0.623. The first-order valence-electron chi connectivity index (χ1n) is 17.4. The van der Waals surface area contributed by atoms with E-state index in [1.165, 1.54) is 0 Å². The lowest BCUT2D eigenvalue weighted by atomic mass is 9.81. The zero-order valence-electron chi connectivity index (χ0n) is 30.5. The third-order valence-electron chi connectivity index (χ3n) is 9.80. The minimum Gasteiger partial charge on any atom is -0.456 e. The van der Waals surface area contributed by atoms with Gasteiger partial charge in [0, 0.05) is 31.4 Å². The fourth-order valence-corrected chi connectivity index (χ4v) is 9.58. The van der Waals surface area contributed by atoms with E-state index in [-0.39, 0.29) is 23.5 Å².